The number of ketones is 2. The fraction of sp³-hybridized carbons (Fsp3) is 0. The van der Waals surface area contributed by atoms with Crippen molar-refractivity contribution < 1.29 is 80.6 Å². The number of phenols is 12. The lowest BCUT2D eigenvalue weighted by atomic mass is 9.99. The monoisotopic (exact) mass is 586 g/mol. The minimum atomic E-state index is -1.41. The van der Waals surface area contributed by atoms with Gasteiger partial charge in [-0.3, -0.25) is 19.4 Å². The van der Waals surface area contributed by atoms with Crippen LogP contribution in [0.15, 0.2) is 36.4 Å². The van der Waals surface area contributed by atoms with Gasteiger partial charge in [0.1, 0.15) is 5.56 Å². The Morgan fingerprint density at radius 2 is 0.929 bits per heavy atom. The van der Waals surface area contributed by atoms with Crippen LogP contribution in [0.4, 0.5) is 0 Å². The van der Waals surface area contributed by atoms with Gasteiger partial charge in [-0.05, 0) is 36.4 Å². The molecule has 0 fully saturated rings. The van der Waals surface area contributed by atoms with E-state index in [2.05, 4.69) is 0 Å². The number of hydrogen-bond acceptors (Lipinski definition) is 16. The fourth-order valence-corrected chi connectivity index (χ4v) is 3.66. The molecule has 4 aromatic rings. The number of carbonyl (C=O) groups is 2. The zero-order valence-electron chi connectivity index (χ0n) is 20.5. The smallest absolute Gasteiger partial charge is 0.262 e. The van der Waals surface area contributed by atoms with E-state index in [1.165, 1.54) is 0 Å². The summed E-state index contributed by atoms with van der Waals surface area (Å²) in [6.07, 6.45) is 0. The molecule has 0 aromatic heterocycles. The summed E-state index contributed by atoms with van der Waals surface area (Å²) < 4.78 is 0. The molecule has 16 nitrogen and oxygen atoms in total. The lowest BCUT2D eigenvalue weighted by Gasteiger charge is -2.15. The van der Waals surface area contributed by atoms with Crippen molar-refractivity contribution in [3.05, 3.63) is 58.7 Å². The molecule has 0 saturated heterocycles. The molecule has 16 heteroatoms. The second-order valence-electron chi connectivity index (χ2n) is 8.42. The summed E-state index contributed by atoms with van der Waals surface area (Å²) in [5.41, 5.74) is -3.36. The molecule has 0 aliphatic heterocycles. The van der Waals surface area contributed by atoms with Crippen molar-refractivity contribution >= 4 is 11.6 Å². The topological polar surface area (TPSA) is 295 Å². The third kappa shape index (κ3) is 4.49. The first kappa shape index (κ1) is 28.4. The number of rotatable bonds is 7. The molecule has 12 N–H and O–H groups in total. The molecule has 4 rings (SSSR count). The predicted molar refractivity (Wildman–Crippen MR) is 134 cm³/mol. The zero-order valence-corrected chi connectivity index (χ0v) is 20.5. The summed E-state index contributed by atoms with van der Waals surface area (Å²) in [6.45, 7) is 0. The van der Waals surface area contributed by atoms with Gasteiger partial charge in [-0.15, -0.1) is 0 Å². The summed E-state index contributed by atoms with van der Waals surface area (Å²) in [6, 6.07) is 4.38. The first-order valence-electron chi connectivity index (χ1n) is 11.1. The van der Waals surface area contributed by atoms with Crippen molar-refractivity contribution in [3.8, 4) is 80.5 Å². The Labute approximate surface area is 231 Å². The molecular weight excluding hydrogens is 568 g/mol. The summed E-state index contributed by atoms with van der Waals surface area (Å²) in [7, 11) is 0. The van der Waals surface area contributed by atoms with Crippen molar-refractivity contribution in [1.82, 2.24) is 0 Å². The van der Waals surface area contributed by atoms with E-state index in [1.54, 1.807) is 0 Å². The highest BCUT2D eigenvalue weighted by Crippen LogP contribution is 2.48. The highest BCUT2D eigenvalue weighted by molar-refractivity contribution is 6.15. The summed E-state index contributed by atoms with van der Waals surface area (Å²) in [5.74, 6) is -17.8. The number of phenolic OH excluding ortho intramolecular Hbond substituents is 12. The molecule has 0 aliphatic rings. The Morgan fingerprint density at radius 3 is 1.48 bits per heavy atom. The van der Waals surface area contributed by atoms with Gasteiger partial charge in [0.2, 0.25) is 34.6 Å². The third-order valence-corrected chi connectivity index (χ3v) is 5.86. The van der Waals surface area contributed by atoms with Gasteiger partial charge in [0.25, 0.3) is 5.75 Å². The van der Waals surface area contributed by atoms with Crippen LogP contribution in [0.2, 0.25) is 0 Å². The first-order chi connectivity index (χ1) is 19.7. The highest BCUT2D eigenvalue weighted by atomic mass is 17.2. The largest absolute Gasteiger partial charge is 0.504 e. The second-order valence-corrected chi connectivity index (χ2v) is 8.42. The van der Waals surface area contributed by atoms with Gasteiger partial charge < -0.3 is 61.3 Å². The van der Waals surface area contributed by atoms with Gasteiger partial charge in [-0.1, -0.05) is 0 Å². The minimum absolute atomic E-state index is 0.516. The van der Waals surface area contributed by atoms with Gasteiger partial charge in [0.15, 0.2) is 51.7 Å². The molecule has 0 atom stereocenters. The van der Waals surface area contributed by atoms with Gasteiger partial charge >= 0.3 is 0 Å². The second kappa shape index (κ2) is 10.2. The Morgan fingerprint density at radius 1 is 0.429 bits per heavy atom. The molecular formula is C26H18O16. The molecule has 0 radical (unpaired) electrons. The average Bonchev–Trinajstić information content (AvgIpc) is 2.95. The van der Waals surface area contributed by atoms with Crippen LogP contribution in [0.5, 0.6) is 80.5 Å². The standard InChI is InChI=1S/C26H18O16/c27-10-3-4-14(15(21(10)36)17(32)9-6-13(30)23(38)25(40)19(9)34)41-42-26-11(28)2-1-7(20(26)35)16(31)8-5-12(29)22(37)24(39)18(8)33/h1-6,27-30,33-40H. The first-order valence-corrected chi connectivity index (χ1v) is 11.1. The van der Waals surface area contributed by atoms with Crippen molar-refractivity contribution in [2.75, 3.05) is 0 Å². The predicted octanol–water partition coefficient (Wildman–Crippen LogP) is 1.99. The molecule has 4 aromatic carbocycles. The summed E-state index contributed by atoms with van der Waals surface area (Å²) in [4.78, 5) is 35.9. The van der Waals surface area contributed by atoms with E-state index >= 15 is 0 Å². The van der Waals surface area contributed by atoms with Crippen molar-refractivity contribution in [2.24, 2.45) is 0 Å². The van der Waals surface area contributed by atoms with Crippen molar-refractivity contribution in [1.29, 1.82) is 0 Å². The number of benzene rings is 4. The van der Waals surface area contributed by atoms with Crippen LogP contribution in [0, 0.1) is 0 Å². The maximum absolute atomic E-state index is 13.1. The van der Waals surface area contributed by atoms with Gasteiger partial charge in [-0.25, -0.2) is 0 Å². The molecule has 0 amide bonds. The number of aromatic hydroxyl groups is 12. The Kier molecular flexibility index (Phi) is 6.90. The van der Waals surface area contributed by atoms with Crippen LogP contribution < -0.4 is 9.78 Å². The van der Waals surface area contributed by atoms with Crippen LogP contribution >= 0.6 is 0 Å². The molecule has 0 saturated carbocycles. The van der Waals surface area contributed by atoms with Gasteiger partial charge in [0.05, 0.1) is 16.7 Å². The molecule has 218 valence electrons. The molecule has 0 bridgehead atoms. The molecule has 0 spiro atoms. The van der Waals surface area contributed by atoms with E-state index < -0.39 is 114 Å². The maximum Gasteiger partial charge on any atom is 0.262 e. The molecule has 42 heavy (non-hydrogen) atoms. The van der Waals surface area contributed by atoms with Gasteiger partial charge in [-0.2, -0.15) is 0 Å². The Hall–Kier alpha value is -6.58. The maximum atomic E-state index is 13.1. The lowest BCUT2D eigenvalue weighted by Crippen LogP contribution is -2.10. The summed E-state index contributed by atoms with van der Waals surface area (Å²) >= 11 is 0. The number of carbonyl (C=O) groups excluding carboxylic acids is 2. The van der Waals surface area contributed by atoms with Crippen LogP contribution in [0.3, 0.4) is 0 Å². The van der Waals surface area contributed by atoms with Crippen LogP contribution in [0.1, 0.15) is 31.8 Å². The van der Waals surface area contributed by atoms with Crippen molar-refractivity contribution in [2.45, 2.75) is 0 Å². The third-order valence-electron chi connectivity index (χ3n) is 5.86. The zero-order chi connectivity index (χ0) is 31.2. The fourth-order valence-electron chi connectivity index (χ4n) is 3.66. The van der Waals surface area contributed by atoms with E-state index in [4.69, 9.17) is 9.78 Å². The van der Waals surface area contributed by atoms with Gasteiger partial charge in [0, 0.05) is 0 Å². The Balaban J connectivity index is 1.74. The molecule has 0 aliphatic carbocycles. The highest BCUT2D eigenvalue weighted by Gasteiger charge is 2.30. The van der Waals surface area contributed by atoms with Crippen LogP contribution in [-0.2, 0) is 0 Å². The minimum Gasteiger partial charge on any atom is -0.504 e. The van der Waals surface area contributed by atoms with Crippen LogP contribution in [-0.4, -0.2) is 72.8 Å². The van der Waals surface area contributed by atoms with Crippen LogP contribution in [0.25, 0.3) is 0 Å². The Bertz CT molecular complexity index is 1790. The van der Waals surface area contributed by atoms with Crippen molar-refractivity contribution in [3.63, 3.8) is 0 Å². The van der Waals surface area contributed by atoms with E-state index in [0.29, 0.717) is 12.1 Å². The molecule has 0 heterocycles. The number of hydrogen-bond donors (Lipinski definition) is 12. The van der Waals surface area contributed by atoms with E-state index in [9.17, 15) is 70.9 Å². The quantitative estimate of drug-likeness (QED) is 0.0484. The molecule has 0 unspecified atom stereocenters. The van der Waals surface area contributed by atoms with E-state index in [1.807, 2.05) is 0 Å². The lowest BCUT2D eigenvalue weighted by molar-refractivity contribution is -0.104. The SMILES string of the molecule is O=C(c1cc(O)c(O)c(O)c1O)c1ccc(O)c(OOc2ccc(O)c(O)c2C(=O)c2cc(O)c(O)c(O)c2O)c1O. The van der Waals surface area contributed by atoms with E-state index in [-0.39, 0.29) is 0 Å². The normalized spacial score (nSPS) is 10.8. The average molecular weight is 586 g/mol. The summed E-state index contributed by atoms with van der Waals surface area (Å²) in [5, 5.41) is 119. The van der Waals surface area contributed by atoms with E-state index in [0.717, 1.165) is 24.3 Å².